The lowest BCUT2D eigenvalue weighted by atomic mass is 10.0. The van der Waals surface area contributed by atoms with Crippen molar-refractivity contribution in [2.75, 3.05) is 7.05 Å². The molecule has 0 fully saturated rings. The van der Waals surface area contributed by atoms with Crippen LogP contribution in [0, 0.1) is 12.7 Å². The van der Waals surface area contributed by atoms with Crippen LogP contribution in [0.4, 0.5) is 4.39 Å². The van der Waals surface area contributed by atoms with Gasteiger partial charge < -0.3 is 9.73 Å². The van der Waals surface area contributed by atoms with Crippen molar-refractivity contribution in [3.8, 4) is 0 Å². The van der Waals surface area contributed by atoms with Crippen LogP contribution in [-0.2, 0) is 6.42 Å². The molecule has 0 radical (unpaired) electrons. The van der Waals surface area contributed by atoms with Gasteiger partial charge in [-0.3, -0.25) is 0 Å². The molecule has 0 aliphatic carbocycles. The van der Waals surface area contributed by atoms with Crippen molar-refractivity contribution in [1.82, 2.24) is 5.32 Å². The van der Waals surface area contributed by atoms with E-state index in [1.54, 1.807) is 6.07 Å². The summed E-state index contributed by atoms with van der Waals surface area (Å²) >= 11 is 0. The monoisotopic (exact) mass is 281 g/mol. The minimum atomic E-state index is -0.156. The first-order valence-corrected chi connectivity index (χ1v) is 7.46. The predicted molar refractivity (Wildman–Crippen MR) is 85.8 cm³/mol. The number of halogens is 1. The molecule has 0 amide bonds. The van der Waals surface area contributed by atoms with Gasteiger partial charge in [-0.05, 0) is 50.6 Å². The lowest BCUT2D eigenvalue weighted by molar-refractivity contribution is 0.567. The first-order valence-electron chi connectivity index (χ1n) is 7.46. The van der Waals surface area contributed by atoms with Crippen molar-refractivity contribution in [3.05, 3.63) is 35.3 Å². The summed E-state index contributed by atoms with van der Waals surface area (Å²) in [6.07, 6.45) is 2.22. The normalized spacial score (nSPS) is 11.2. The van der Waals surface area contributed by atoms with E-state index in [-0.39, 0.29) is 11.9 Å². The molecule has 0 spiro atoms. The van der Waals surface area contributed by atoms with Crippen LogP contribution in [-0.4, -0.2) is 13.1 Å². The Kier molecular flexibility index (Phi) is 8.89. The Morgan fingerprint density at radius 3 is 2.40 bits per heavy atom. The molecule has 1 heterocycles. The highest BCUT2D eigenvalue weighted by molar-refractivity contribution is 5.81. The van der Waals surface area contributed by atoms with Gasteiger partial charge in [0, 0.05) is 6.04 Å². The predicted octanol–water partition coefficient (Wildman–Crippen LogP) is 5.08. The van der Waals surface area contributed by atoms with E-state index in [0.29, 0.717) is 17.4 Å². The van der Waals surface area contributed by atoms with Gasteiger partial charge in [0.05, 0.1) is 11.6 Å². The molecule has 1 aromatic carbocycles. The van der Waals surface area contributed by atoms with Crippen LogP contribution >= 0.6 is 0 Å². The van der Waals surface area contributed by atoms with Crippen molar-refractivity contribution in [2.45, 2.75) is 54.0 Å². The first kappa shape index (κ1) is 18.7. The zero-order valence-electron chi connectivity index (χ0n) is 13.8. The van der Waals surface area contributed by atoms with Crippen LogP contribution < -0.4 is 5.32 Å². The second-order valence-corrected chi connectivity index (χ2v) is 4.22. The summed E-state index contributed by atoms with van der Waals surface area (Å²) in [6, 6.07) is 3.82. The zero-order chi connectivity index (χ0) is 15.7. The minimum Gasteiger partial charge on any atom is -0.464 e. The van der Waals surface area contributed by atoms with Gasteiger partial charge in [0.2, 0.25) is 0 Å². The Labute approximate surface area is 122 Å². The van der Waals surface area contributed by atoms with E-state index in [1.807, 2.05) is 54.7 Å². The SMILES string of the molecule is CC.CC.CN[C@H](C)Cc1cc(C)c2occc2c1F. The first-order chi connectivity index (χ1) is 9.63. The average molecular weight is 281 g/mol. The number of hydrogen-bond donors (Lipinski definition) is 1. The molecule has 0 saturated carbocycles. The van der Waals surface area contributed by atoms with Crippen LogP contribution in [0.5, 0.6) is 0 Å². The molecule has 0 bridgehead atoms. The van der Waals surface area contributed by atoms with Crippen molar-refractivity contribution in [3.63, 3.8) is 0 Å². The topological polar surface area (TPSA) is 25.2 Å². The summed E-state index contributed by atoms with van der Waals surface area (Å²) in [5, 5.41) is 3.69. The molecule has 0 aliphatic rings. The van der Waals surface area contributed by atoms with Gasteiger partial charge in [0.1, 0.15) is 11.4 Å². The molecule has 0 unspecified atom stereocenters. The van der Waals surface area contributed by atoms with Crippen molar-refractivity contribution in [2.24, 2.45) is 0 Å². The molecule has 20 heavy (non-hydrogen) atoms. The van der Waals surface area contributed by atoms with Crippen LogP contribution in [0.15, 0.2) is 22.8 Å². The Balaban J connectivity index is 0.000000829. The molecular weight excluding hydrogens is 253 g/mol. The van der Waals surface area contributed by atoms with Crippen molar-refractivity contribution >= 4 is 11.0 Å². The smallest absolute Gasteiger partial charge is 0.139 e. The maximum atomic E-state index is 14.1. The third-order valence-electron chi connectivity index (χ3n) is 2.95. The highest BCUT2D eigenvalue weighted by Gasteiger charge is 2.13. The van der Waals surface area contributed by atoms with E-state index in [9.17, 15) is 4.39 Å². The van der Waals surface area contributed by atoms with Gasteiger partial charge in [-0.2, -0.15) is 0 Å². The van der Waals surface area contributed by atoms with E-state index in [4.69, 9.17) is 4.42 Å². The number of benzene rings is 1. The summed E-state index contributed by atoms with van der Waals surface area (Å²) in [6.45, 7) is 12.0. The zero-order valence-corrected chi connectivity index (χ0v) is 13.8. The number of hydrogen-bond acceptors (Lipinski definition) is 2. The van der Waals surface area contributed by atoms with E-state index >= 15 is 0 Å². The Bertz CT molecular complexity index is 505. The molecule has 0 saturated heterocycles. The largest absolute Gasteiger partial charge is 0.464 e. The third-order valence-corrected chi connectivity index (χ3v) is 2.95. The molecule has 3 heteroatoms. The van der Waals surface area contributed by atoms with E-state index in [1.165, 1.54) is 6.26 Å². The standard InChI is InChI=1S/C13H16FNO.2C2H6/c1-8-6-10(7-9(2)15-3)12(14)11-4-5-16-13(8)11;2*1-2/h4-6,9,15H,7H2,1-3H3;2*1-2H3/t9-;;/m1../s1. The average Bonchev–Trinajstić information content (AvgIpc) is 2.99. The fraction of sp³-hybridized carbons (Fsp3) is 0.529. The molecule has 114 valence electrons. The summed E-state index contributed by atoms with van der Waals surface area (Å²) in [7, 11) is 1.88. The number of fused-ring (bicyclic) bond motifs is 1. The fourth-order valence-corrected chi connectivity index (χ4v) is 1.93. The number of likely N-dealkylation sites (N-methyl/N-ethyl adjacent to an activating group) is 1. The van der Waals surface area contributed by atoms with Gasteiger partial charge >= 0.3 is 0 Å². The Morgan fingerprint density at radius 1 is 1.25 bits per heavy atom. The lowest BCUT2D eigenvalue weighted by Crippen LogP contribution is -2.24. The van der Waals surface area contributed by atoms with Gasteiger partial charge in [-0.25, -0.2) is 4.39 Å². The molecule has 2 rings (SSSR count). The summed E-state index contributed by atoms with van der Waals surface area (Å²) in [5.41, 5.74) is 2.38. The van der Waals surface area contributed by atoms with Gasteiger partial charge in [-0.15, -0.1) is 0 Å². The summed E-state index contributed by atoms with van der Waals surface area (Å²) in [5.74, 6) is -0.156. The molecule has 1 N–H and O–H groups in total. The maximum Gasteiger partial charge on any atom is 0.139 e. The van der Waals surface area contributed by atoms with E-state index in [0.717, 1.165) is 11.1 Å². The van der Waals surface area contributed by atoms with Gasteiger partial charge in [0.25, 0.3) is 0 Å². The lowest BCUT2D eigenvalue weighted by Gasteiger charge is -2.12. The minimum absolute atomic E-state index is 0.156. The highest BCUT2D eigenvalue weighted by Crippen LogP contribution is 2.26. The van der Waals surface area contributed by atoms with Gasteiger partial charge in [-0.1, -0.05) is 27.7 Å². The number of nitrogens with one attached hydrogen (secondary N) is 1. The van der Waals surface area contributed by atoms with Crippen LogP contribution in [0.3, 0.4) is 0 Å². The second-order valence-electron chi connectivity index (χ2n) is 4.22. The summed E-state index contributed by atoms with van der Waals surface area (Å²) in [4.78, 5) is 0. The van der Waals surface area contributed by atoms with E-state index in [2.05, 4.69) is 5.32 Å². The summed E-state index contributed by atoms with van der Waals surface area (Å²) < 4.78 is 19.4. The highest BCUT2D eigenvalue weighted by atomic mass is 19.1. The number of rotatable bonds is 3. The second kappa shape index (κ2) is 9.54. The molecule has 2 nitrogen and oxygen atoms in total. The Hall–Kier alpha value is -1.35. The molecular formula is C17H28FNO. The van der Waals surface area contributed by atoms with E-state index < -0.39 is 0 Å². The molecule has 1 atom stereocenters. The number of aryl methyl sites for hydroxylation is 1. The van der Waals surface area contributed by atoms with Crippen LogP contribution in [0.25, 0.3) is 11.0 Å². The van der Waals surface area contributed by atoms with Gasteiger partial charge in [0.15, 0.2) is 0 Å². The number of furan rings is 1. The van der Waals surface area contributed by atoms with Crippen molar-refractivity contribution < 1.29 is 8.81 Å². The third kappa shape index (κ3) is 4.34. The van der Waals surface area contributed by atoms with Crippen molar-refractivity contribution in [1.29, 1.82) is 0 Å². The van der Waals surface area contributed by atoms with Crippen LogP contribution in [0.2, 0.25) is 0 Å². The Morgan fingerprint density at radius 2 is 1.85 bits per heavy atom. The maximum absolute atomic E-state index is 14.1. The van der Waals surface area contributed by atoms with Crippen LogP contribution in [0.1, 0.15) is 45.7 Å². The molecule has 0 aliphatic heterocycles. The molecule has 2 aromatic rings. The molecule has 1 aromatic heterocycles. The quantitative estimate of drug-likeness (QED) is 0.848. The fourth-order valence-electron chi connectivity index (χ4n) is 1.93.